The SMILES string of the molecule is COc1ccc(NS(=O)(=O)c2ccc3c(c2)-c2oncc2CO3)c(OC)c1. The minimum absolute atomic E-state index is 0.0620. The number of fused-ring (bicyclic) bond motifs is 3. The van der Waals surface area contributed by atoms with Gasteiger partial charge in [-0.1, -0.05) is 5.16 Å². The third kappa shape index (κ3) is 3.06. The van der Waals surface area contributed by atoms with E-state index >= 15 is 0 Å². The molecule has 0 unspecified atom stereocenters. The lowest BCUT2D eigenvalue weighted by molar-refractivity contribution is 0.297. The molecular weight excluding hydrogens is 372 g/mol. The van der Waals surface area contributed by atoms with Crippen LogP contribution in [0.1, 0.15) is 5.56 Å². The number of methoxy groups -OCH3 is 2. The molecule has 0 fully saturated rings. The third-order valence-electron chi connectivity index (χ3n) is 4.19. The van der Waals surface area contributed by atoms with Gasteiger partial charge in [0.1, 0.15) is 23.9 Å². The van der Waals surface area contributed by atoms with Gasteiger partial charge in [-0.15, -0.1) is 0 Å². The maximum absolute atomic E-state index is 12.9. The summed E-state index contributed by atoms with van der Waals surface area (Å²) in [4.78, 5) is 0.0620. The molecule has 1 aliphatic heterocycles. The summed E-state index contributed by atoms with van der Waals surface area (Å²) in [5, 5.41) is 3.75. The normalized spacial score (nSPS) is 12.5. The van der Waals surface area contributed by atoms with E-state index in [0.29, 0.717) is 40.9 Å². The lowest BCUT2D eigenvalue weighted by Crippen LogP contribution is -2.14. The van der Waals surface area contributed by atoms with Gasteiger partial charge < -0.3 is 18.7 Å². The average Bonchev–Trinajstić information content (AvgIpc) is 3.17. The molecule has 0 saturated heterocycles. The highest BCUT2D eigenvalue weighted by Gasteiger charge is 2.25. The zero-order valence-corrected chi connectivity index (χ0v) is 15.4. The van der Waals surface area contributed by atoms with Crippen LogP contribution in [0.15, 0.2) is 52.0 Å². The van der Waals surface area contributed by atoms with Crippen LogP contribution in [-0.2, 0) is 16.6 Å². The summed E-state index contributed by atoms with van der Waals surface area (Å²) >= 11 is 0. The van der Waals surface area contributed by atoms with Crippen molar-refractivity contribution in [2.45, 2.75) is 11.5 Å². The molecule has 9 heteroatoms. The van der Waals surface area contributed by atoms with E-state index in [0.717, 1.165) is 5.56 Å². The number of sulfonamides is 1. The van der Waals surface area contributed by atoms with Gasteiger partial charge in [-0.3, -0.25) is 4.72 Å². The second kappa shape index (κ2) is 6.51. The van der Waals surface area contributed by atoms with Gasteiger partial charge in [0.15, 0.2) is 5.76 Å². The maximum Gasteiger partial charge on any atom is 0.262 e. The van der Waals surface area contributed by atoms with Crippen molar-refractivity contribution in [1.29, 1.82) is 0 Å². The quantitative estimate of drug-likeness (QED) is 0.717. The molecule has 1 N–H and O–H groups in total. The van der Waals surface area contributed by atoms with E-state index in [-0.39, 0.29) is 4.90 Å². The fourth-order valence-electron chi connectivity index (χ4n) is 2.81. The summed E-state index contributed by atoms with van der Waals surface area (Å²) in [7, 11) is -0.901. The minimum Gasteiger partial charge on any atom is -0.497 e. The summed E-state index contributed by atoms with van der Waals surface area (Å²) in [5.74, 6) is 1.95. The molecule has 1 aromatic heterocycles. The number of benzene rings is 2. The van der Waals surface area contributed by atoms with Crippen molar-refractivity contribution in [2.24, 2.45) is 0 Å². The van der Waals surface area contributed by atoms with Gasteiger partial charge in [-0.25, -0.2) is 8.42 Å². The molecule has 3 aromatic rings. The van der Waals surface area contributed by atoms with E-state index < -0.39 is 10.0 Å². The van der Waals surface area contributed by atoms with Gasteiger partial charge in [0, 0.05) is 6.07 Å². The summed E-state index contributed by atoms with van der Waals surface area (Å²) in [6, 6.07) is 9.38. The molecule has 0 bridgehead atoms. The first-order valence-corrected chi connectivity index (χ1v) is 9.46. The number of aromatic nitrogens is 1. The van der Waals surface area contributed by atoms with E-state index in [2.05, 4.69) is 9.88 Å². The number of hydrogen-bond donors (Lipinski definition) is 1. The van der Waals surface area contributed by atoms with Crippen molar-refractivity contribution in [2.75, 3.05) is 18.9 Å². The highest BCUT2D eigenvalue weighted by molar-refractivity contribution is 7.92. The molecule has 1 aliphatic rings. The minimum atomic E-state index is -3.87. The Morgan fingerprint density at radius 1 is 1.11 bits per heavy atom. The fourth-order valence-corrected chi connectivity index (χ4v) is 3.90. The molecule has 27 heavy (non-hydrogen) atoms. The van der Waals surface area contributed by atoms with Gasteiger partial charge >= 0.3 is 0 Å². The Balaban J connectivity index is 1.71. The fraction of sp³-hybridized carbons (Fsp3) is 0.167. The second-order valence-corrected chi connectivity index (χ2v) is 7.48. The third-order valence-corrected chi connectivity index (χ3v) is 5.55. The van der Waals surface area contributed by atoms with Gasteiger partial charge in [0.25, 0.3) is 10.0 Å². The molecule has 8 nitrogen and oxygen atoms in total. The number of ether oxygens (including phenoxy) is 3. The lowest BCUT2D eigenvalue weighted by Gasteiger charge is -2.17. The molecule has 0 radical (unpaired) electrons. The van der Waals surface area contributed by atoms with Crippen LogP contribution in [0, 0.1) is 0 Å². The maximum atomic E-state index is 12.9. The zero-order chi connectivity index (χ0) is 19.0. The molecule has 0 atom stereocenters. The number of rotatable bonds is 5. The Morgan fingerprint density at radius 2 is 1.96 bits per heavy atom. The van der Waals surface area contributed by atoms with Crippen LogP contribution in [0.25, 0.3) is 11.3 Å². The number of anilines is 1. The number of nitrogens with one attached hydrogen (secondary N) is 1. The first-order valence-electron chi connectivity index (χ1n) is 7.97. The first kappa shape index (κ1) is 17.2. The van der Waals surface area contributed by atoms with Crippen molar-refractivity contribution >= 4 is 15.7 Å². The average molecular weight is 388 g/mol. The molecule has 0 aliphatic carbocycles. The molecule has 4 rings (SSSR count). The van der Waals surface area contributed by atoms with Crippen LogP contribution in [0.4, 0.5) is 5.69 Å². The van der Waals surface area contributed by atoms with Crippen molar-refractivity contribution in [3.05, 3.63) is 48.2 Å². The van der Waals surface area contributed by atoms with E-state index in [1.165, 1.54) is 26.4 Å². The highest BCUT2D eigenvalue weighted by Crippen LogP contribution is 2.39. The summed E-state index contributed by atoms with van der Waals surface area (Å²) < 4.78 is 49.5. The van der Waals surface area contributed by atoms with Gasteiger partial charge in [0.05, 0.1) is 42.1 Å². The molecule has 0 saturated carbocycles. The second-order valence-electron chi connectivity index (χ2n) is 5.80. The van der Waals surface area contributed by atoms with Crippen molar-refractivity contribution in [3.63, 3.8) is 0 Å². The van der Waals surface area contributed by atoms with E-state index in [1.807, 2.05) is 0 Å². The van der Waals surface area contributed by atoms with E-state index in [1.54, 1.807) is 30.5 Å². The van der Waals surface area contributed by atoms with Crippen LogP contribution in [0.5, 0.6) is 17.2 Å². The standard InChI is InChI=1S/C18H16N2O6S/c1-23-12-3-5-15(17(7-12)24-2)20-27(21,22)13-4-6-16-14(8-13)18-11(10-25-16)9-19-26-18/h3-9,20H,10H2,1-2H3. The molecule has 140 valence electrons. The Bertz CT molecular complexity index is 1110. The van der Waals surface area contributed by atoms with Crippen molar-refractivity contribution in [3.8, 4) is 28.6 Å². The van der Waals surface area contributed by atoms with Crippen LogP contribution in [0.3, 0.4) is 0 Å². The topological polar surface area (TPSA) is 99.9 Å². The summed E-state index contributed by atoms with van der Waals surface area (Å²) in [6.45, 7) is 0.333. The summed E-state index contributed by atoms with van der Waals surface area (Å²) in [5.41, 5.74) is 1.60. The predicted octanol–water partition coefficient (Wildman–Crippen LogP) is 3.05. The Labute approximate surface area is 155 Å². The molecule has 0 amide bonds. The number of nitrogens with zero attached hydrogens (tertiary/aromatic N) is 1. The lowest BCUT2D eigenvalue weighted by atomic mass is 10.1. The Hall–Kier alpha value is -3.20. The van der Waals surface area contributed by atoms with Gasteiger partial charge in [0.2, 0.25) is 0 Å². The Morgan fingerprint density at radius 3 is 2.74 bits per heavy atom. The van der Waals surface area contributed by atoms with Crippen molar-refractivity contribution in [1.82, 2.24) is 5.16 Å². The van der Waals surface area contributed by atoms with Crippen LogP contribution >= 0.6 is 0 Å². The van der Waals surface area contributed by atoms with Crippen molar-refractivity contribution < 1.29 is 27.2 Å². The smallest absolute Gasteiger partial charge is 0.262 e. The molecule has 2 aromatic carbocycles. The molecular formula is C18H16N2O6S. The zero-order valence-electron chi connectivity index (χ0n) is 14.6. The molecule has 2 heterocycles. The Kier molecular flexibility index (Phi) is 4.15. The summed E-state index contributed by atoms with van der Waals surface area (Å²) in [6.07, 6.45) is 1.56. The van der Waals surface area contributed by atoms with Crippen LogP contribution < -0.4 is 18.9 Å². The largest absolute Gasteiger partial charge is 0.497 e. The van der Waals surface area contributed by atoms with Gasteiger partial charge in [-0.2, -0.15) is 0 Å². The first-order chi connectivity index (χ1) is 13.0. The predicted molar refractivity (Wildman–Crippen MR) is 96.6 cm³/mol. The molecule has 0 spiro atoms. The van der Waals surface area contributed by atoms with Crippen LogP contribution in [0.2, 0.25) is 0 Å². The number of hydrogen-bond acceptors (Lipinski definition) is 7. The van der Waals surface area contributed by atoms with Crippen LogP contribution in [-0.4, -0.2) is 27.8 Å². The van der Waals surface area contributed by atoms with Gasteiger partial charge in [-0.05, 0) is 30.3 Å². The monoisotopic (exact) mass is 388 g/mol. The van der Waals surface area contributed by atoms with E-state index in [9.17, 15) is 8.42 Å². The van der Waals surface area contributed by atoms with E-state index in [4.69, 9.17) is 18.7 Å². The highest BCUT2D eigenvalue weighted by atomic mass is 32.2.